The lowest BCUT2D eigenvalue weighted by Gasteiger charge is -2.59. The number of fused-ring (bicyclic) bond motifs is 10. The second-order valence-corrected chi connectivity index (χ2v) is 9.15. The molecule has 2 aromatic carbocycles. The molecular weight excluding hydrogens is 417 g/mol. The van der Waals surface area contributed by atoms with Gasteiger partial charge in [0.15, 0.2) is 0 Å². The molecule has 0 bridgehead atoms. The molecule has 3 aromatic rings. The van der Waals surface area contributed by atoms with Gasteiger partial charge in [0.2, 0.25) is 0 Å². The Morgan fingerprint density at radius 3 is 2.81 bits per heavy atom. The molecular formula is C25H21F3N2O2. The normalized spacial score (nSPS) is 28.0. The van der Waals surface area contributed by atoms with Crippen molar-refractivity contribution in [2.24, 2.45) is 0 Å². The SMILES string of the molecule is CC1Cc2c([nH]c3ccccc23)C2c3c(F)cc(/C=C/C(=O)O)cc3C3C(CC3(F)F)N12. The van der Waals surface area contributed by atoms with Crippen LogP contribution in [-0.4, -0.2) is 39.0 Å². The van der Waals surface area contributed by atoms with E-state index in [1.165, 1.54) is 12.1 Å². The van der Waals surface area contributed by atoms with Crippen molar-refractivity contribution in [1.29, 1.82) is 0 Å². The lowest BCUT2D eigenvalue weighted by molar-refractivity contribution is -0.170. The summed E-state index contributed by atoms with van der Waals surface area (Å²) in [5, 5.41) is 10.0. The van der Waals surface area contributed by atoms with Gasteiger partial charge in [0.25, 0.3) is 5.92 Å². The third-order valence-corrected chi connectivity index (χ3v) is 7.34. The van der Waals surface area contributed by atoms with Crippen LogP contribution in [0.25, 0.3) is 17.0 Å². The van der Waals surface area contributed by atoms with E-state index in [0.717, 1.165) is 28.2 Å². The average molecular weight is 438 g/mol. The summed E-state index contributed by atoms with van der Waals surface area (Å²) in [6, 6.07) is 9.81. The van der Waals surface area contributed by atoms with E-state index < -0.39 is 35.7 Å². The molecule has 0 spiro atoms. The molecule has 1 aliphatic carbocycles. The van der Waals surface area contributed by atoms with Gasteiger partial charge in [0.05, 0.1) is 12.0 Å². The van der Waals surface area contributed by atoms with Crippen molar-refractivity contribution in [2.75, 3.05) is 0 Å². The van der Waals surface area contributed by atoms with E-state index >= 15 is 4.39 Å². The number of rotatable bonds is 2. The predicted octanol–water partition coefficient (Wildman–Crippen LogP) is 5.25. The van der Waals surface area contributed by atoms with Crippen LogP contribution in [0.3, 0.4) is 0 Å². The fourth-order valence-corrected chi connectivity index (χ4v) is 6.12. The van der Waals surface area contributed by atoms with E-state index in [2.05, 4.69) is 9.88 Å². The number of alkyl halides is 2. The van der Waals surface area contributed by atoms with Crippen molar-refractivity contribution in [3.05, 3.63) is 76.2 Å². The van der Waals surface area contributed by atoms with Crippen LogP contribution >= 0.6 is 0 Å². The molecule has 1 aromatic heterocycles. The molecule has 0 radical (unpaired) electrons. The lowest BCUT2D eigenvalue weighted by atomic mass is 9.63. The molecule has 2 N–H and O–H groups in total. The highest BCUT2D eigenvalue weighted by molar-refractivity contribution is 5.86. The zero-order valence-corrected chi connectivity index (χ0v) is 17.3. The number of aromatic amines is 1. The van der Waals surface area contributed by atoms with Crippen LogP contribution < -0.4 is 0 Å². The molecule has 0 amide bonds. The van der Waals surface area contributed by atoms with E-state index in [1.54, 1.807) is 6.07 Å². The molecule has 164 valence electrons. The van der Waals surface area contributed by atoms with Gasteiger partial charge < -0.3 is 10.1 Å². The number of benzene rings is 2. The fraction of sp³-hybridized carbons (Fsp3) is 0.320. The van der Waals surface area contributed by atoms with Crippen molar-refractivity contribution in [3.63, 3.8) is 0 Å². The Labute approximate surface area is 182 Å². The zero-order valence-electron chi connectivity index (χ0n) is 17.3. The summed E-state index contributed by atoms with van der Waals surface area (Å²) in [6.45, 7) is 2.03. The smallest absolute Gasteiger partial charge is 0.328 e. The Kier molecular flexibility index (Phi) is 3.97. The Morgan fingerprint density at radius 2 is 2.06 bits per heavy atom. The van der Waals surface area contributed by atoms with Crippen molar-refractivity contribution in [3.8, 4) is 0 Å². The number of aliphatic carboxylic acids is 1. The number of nitrogens with zero attached hydrogens (tertiary/aromatic N) is 1. The number of carboxylic acids is 1. The number of para-hydroxylation sites is 1. The second-order valence-electron chi connectivity index (χ2n) is 9.15. The van der Waals surface area contributed by atoms with Crippen LogP contribution in [-0.2, 0) is 11.2 Å². The zero-order chi connectivity index (χ0) is 22.4. The summed E-state index contributed by atoms with van der Waals surface area (Å²) in [6.07, 6.45) is 2.60. The Balaban J connectivity index is 1.61. The van der Waals surface area contributed by atoms with E-state index in [9.17, 15) is 13.6 Å². The van der Waals surface area contributed by atoms with Crippen LogP contribution in [0.2, 0.25) is 0 Å². The number of aromatic nitrogens is 1. The van der Waals surface area contributed by atoms with Gasteiger partial charge in [0.1, 0.15) is 5.82 Å². The van der Waals surface area contributed by atoms with Crippen LogP contribution in [0.4, 0.5) is 13.2 Å². The highest BCUT2D eigenvalue weighted by Gasteiger charge is 2.64. The molecule has 2 aliphatic heterocycles. The Bertz CT molecular complexity index is 1310. The minimum absolute atomic E-state index is 0.0190. The molecule has 3 heterocycles. The predicted molar refractivity (Wildman–Crippen MR) is 114 cm³/mol. The maximum atomic E-state index is 15.6. The quantitative estimate of drug-likeness (QED) is 0.538. The molecule has 6 rings (SSSR count). The van der Waals surface area contributed by atoms with Gasteiger partial charge in [-0.2, -0.15) is 0 Å². The van der Waals surface area contributed by atoms with Crippen molar-refractivity contribution in [2.45, 2.75) is 49.7 Å². The topological polar surface area (TPSA) is 56.3 Å². The molecule has 4 atom stereocenters. The minimum Gasteiger partial charge on any atom is -0.478 e. The maximum absolute atomic E-state index is 15.6. The van der Waals surface area contributed by atoms with Gasteiger partial charge in [-0.25, -0.2) is 18.0 Å². The minimum atomic E-state index is -2.92. The number of carboxylic acid groups (broad SMARTS) is 1. The third kappa shape index (κ3) is 2.57. The van der Waals surface area contributed by atoms with Gasteiger partial charge in [-0.05, 0) is 48.2 Å². The van der Waals surface area contributed by atoms with Gasteiger partial charge in [-0.1, -0.05) is 24.3 Å². The van der Waals surface area contributed by atoms with Crippen molar-refractivity contribution >= 4 is 22.9 Å². The number of carbonyl (C=O) groups is 1. The van der Waals surface area contributed by atoms with Gasteiger partial charge in [0, 0.05) is 46.7 Å². The van der Waals surface area contributed by atoms with Gasteiger partial charge in [-0.3, -0.25) is 4.90 Å². The molecule has 7 heteroatoms. The molecule has 1 fully saturated rings. The van der Waals surface area contributed by atoms with Crippen LogP contribution in [0.1, 0.15) is 53.3 Å². The van der Waals surface area contributed by atoms with Crippen molar-refractivity contribution in [1.82, 2.24) is 9.88 Å². The molecule has 1 saturated carbocycles. The largest absolute Gasteiger partial charge is 0.478 e. The standard InChI is InChI=1S/C25H21F3N2O2/c1-12-8-15-14-4-2-3-5-18(14)29-23(15)24-21-16(22-19(30(12)24)11-25(22,27)28)9-13(10-17(21)26)6-7-20(31)32/h2-7,9-10,12,19,22,24,29H,8,11H2,1H3,(H,31,32)/b7-6+. The number of H-pyrrole nitrogens is 1. The van der Waals surface area contributed by atoms with Gasteiger partial charge >= 0.3 is 5.97 Å². The first-order chi connectivity index (χ1) is 15.3. The van der Waals surface area contributed by atoms with E-state index in [0.29, 0.717) is 6.42 Å². The van der Waals surface area contributed by atoms with E-state index in [1.807, 2.05) is 31.2 Å². The third-order valence-electron chi connectivity index (χ3n) is 7.34. The summed E-state index contributed by atoms with van der Waals surface area (Å²) in [5.41, 5.74) is 3.77. The Morgan fingerprint density at radius 1 is 1.28 bits per heavy atom. The maximum Gasteiger partial charge on any atom is 0.328 e. The summed E-state index contributed by atoms with van der Waals surface area (Å²) >= 11 is 0. The average Bonchev–Trinajstić information content (AvgIpc) is 3.09. The first-order valence-corrected chi connectivity index (χ1v) is 10.8. The summed E-state index contributed by atoms with van der Waals surface area (Å²) in [7, 11) is 0. The molecule has 4 unspecified atom stereocenters. The van der Waals surface area contributed by atoms with Crippen molar-refractivity contribution < 1.29 is 23.1 Å². The summed E-state index contributed by atoms with van der Waals surface area (Å²) in [5.74, 6) is -5.78. The first kappa shape index (κ1) is 19.6. The Hall–Kier alpha value is -3.06. The summed E-state index contributed by atoms with van der Waals surface area (Å²) in [4.78, 5) is 16.4. The number of nitrogens with one attached hydrogen (secondary N) is 1. The molecule has 0 saturated heterocycles. The van der Waals surface area contributed by atoms with Gasteiger partial charge in [-0.15, -0.1) is 0 Å². The fourth-order valence-electron chi connectivity index (χ4n) is 6.12. The molecule has 3 aliphatic rings. The number of halogens is 3. The van der Waals surface area contributed by atoms with Crippen LogP contribution in [0.5, 0.6) is 0 Å². The number of hydrogen-bond donors (Lipinski definition) is 2. The second kappa shape index (κ2) is 6.48. The molecule has 4 nitrogen and oxygen atoms in total. The van der Waals surface area contributed by atoms with E-state index in [-0.39, 0.29) is 29.2 Å². The summed E-state index contributed by atoms with van der Waals surface area (Å²) < 4.78 is 45.2. The first-order valence-electron chi connectivity index (χ1n) is 10.8. The lowest BCUT2D eigenvalue weighted by Crippen LogP contribution is -2.64. The highest BCUT2D eigenvalue weighted by Crippen LogP contribution is 2.61. The highest BCUT2D eigenvalue weighted by atomic mass is 19.3. The number of hydrogen-bond acceptors (Lipinski definition) is 2. The van der Waals surface area contributed by atoms with E-state index in [4.69, 9.17) is 5.11 Å². The monoisotopic (exact) mass is 438 g/mol. The molecule has 32 heavy (non-hydrogen) atoms. The van der Waals surface area contributed by atoms with Crippen LogP contribution in [0.15, 0.2) is 42.5 Å². The van der Waals surface area contributed by atoms with Crippen LogP contribution in [0, 0.1) is 5.82 Å².